The maximum absolute atomic E-state index is 12.3. The van der Waals surface area contributed by atoms with Gasteiger partial charge in [0, 0.05) is 31.3 Å². The largest absolute Gasteiger partial charge is 0.392 e. The first-order valence-corrected chi connectivity index (χ1v) is 9.46. The number of piperidine rings is 1. The molecule has 27 heavy (non-hydrogen) atoms. The summed E-state index contributed by atoms with van der Waals surface area (Å²) in [6.45, 7) is 3.60. The van der Waals surface area contributed by atoms with Gasteiger partial charge in [-0.1, -0.05) is 18.2 Å². The van der Waals surface area contributed by atoms with E-state index < -0.39 is 0 Å². The number of aliphatic hydroxyl groups is 1. The van der Waals surface area contributed by atoms with E-state index in [9.17, 15) is 9.90 Å². The first-order chi connectivity index (χ1) is 13.2. The third-order valence-electron chi connectivity index (χ3n) is 5.08. The molecule has 3 aromatic rings. The number of amides is 1. The Labute approximate surface area is 158 Å². The van der Waals surface area contributed by atoms with Gasteiger partial charge in [-0.15, -0.1) is 0 Å². The van der Waals surface area contributed by atoms with Crippen molar-refractivity contribution in [3.05, 3.63) is 54.0 Å². The molecule has 1 atom stereocenters. The van der Waals surface area contributed by atoms with Crippen molar-refractivity contribution in [2.24, 2.45) is 0 Å². The van der Waals surface area contributed by atoms with Gasteiger partial charge in [-0.2, -0.15) is 5.10 Å². The zero-order valence-corrected chi connectivity index (χ0v) is 15.3. The third kappa shape index (κ3) is 4.20. The summed E-state index contributed by atoms with van der Waals surface area (Å²) >= 11 is 0. The van der Waals surface area contributed by atoms with Crippen LogP contribution in [0.15, 0.2) is 42.6 Å². The highest BCUT2D eigenvalue weighted by molar-refractivity contribution is 5.92. The standard InChI is InChI=1S/C20H25N5O2/c26-17-5-3-9-24(14-17)11-8-21-20(27)18-12-16(22-23-18)13-25-10-7-15-4-1-2-6-19(15)25/h1-2,4,6-7,10,12,17,26H,3,5,8-9,11,13-14H2,(H,21,27)(H,22,23). The van der Waals surface area contributed by atoms with Crippen LogP contribution in [0.4, 0.5) is 0 Å². The molecule has 0 aliphatic carbocycles. The lowest BCUT2D eigenvalue weighted by Crippen LogP contribution is -2.42. The van der Waals surface area contributed by atoms with Crippen LogP contribution in [0.3, 0.4) is 0 Å². The number of carbonyl (C=O) groups is 1. The molecule has 1 amide bonds. The second kappa shape index (κ2) is 7.94. The van der Waals surface area contributed by atoms with Crippen LogP contribution in [-0.2, 0) is 6.54 Å². The number of likely N-dealkylation sites (tertiary alicyclic amines) is 1. The van der Waals surface area contributed by atoms with E-state index in [2.05, 4.69) is 43.2 Å². The van der Waals surface area contributed by atoms with Crippen molar-refractivity contribution in [3.63, 3.8) is 0 Å². The molecule has 1 unspecified atom stereocenters. The van der Waals surface area contributed by atoms with Gasteiger partial charge in [-0.3, -0.25) is 14.8 Å². The smallest absolute Gasteiger partial charge is 0.271 e. The third-order valence-corrected chi connectivity index (χ3v) is 5.08. The molecular formula is C20H25N5O2. The Hall–Kier alpha value is -2.64. The molecule has 142 valence electrons. The van der Waals surface area contributed by atoms with Gasteiger partial charge in [0.15, 0.2) is 0 Å². The van der Waals surface area contributed by atoms with E-state index in [1.807, 2.05) is 18.3 Å². The first-order valence-electron chi connectivity index (χ1n) is 9.46. The van der Waals surface area contributed by atoms with Crippen molar-refractivity contribution in [2.75, 3.05) is 26.2 Å². The minimum atomic E-state index is -0.242. The van der Waals surface area contributed by atoms with Gasteiger partial charge in [0.05, 0.1) is 18.3 Å². The van der Waals surface area contributed by atoms with Gasteiger partial charge >= 0.3 is 0 Å². The van der Waals surface area contributed by atoms with Crippen molar-refractivity contribution >= 4 is 16.8 Å². The summed E-state index contributed by atoms with van der Waals surface area (Å²) in [5.74, 6) is -0.174. The first kappa shape index (κ1) is 17.8. The van der Waals surface area contributed by atoms with Gasteiger partial charge in [0.2, 0.25) is 0 Å². The number of aromatic amines is 1. The predicted molar refractivity (Wildman–Crippen MR) is 104 cm³/mol. The quantitative estimate of drug-likeness (QED) is 0.618. The Morgan fingerprint density at radius 1 is 1.33 bits per heavy atom. The van der Waals surface area contributed by atoms with E-state index in [1.54, 1.807) is 6.07 Å². The van der Waals surface area contributed by atoms with Crippen LogP contribution < -0.4 is 5.32 Å². The summed E-state index contributed by atoms with van der Waals surface area (Å²) in [7, 11) is 0. The Bertz CT molecular complexity index is 916. The van der Waals surface area contributed by atoms with E-state index in [4.69, 9.17) is 0 Å². The zero-order valence-electron chi connectivity index (χ0n) is 15.3. The number of rotatable bonds is 6. The number of para-hydroxylation sites is 1. The zero-order chi connectivity index (χ0) is 18.6. The van der Waals surface area contributed by atoms with Crippen LogP contribution >= 0.6 is 0 Å². The number of H-pyrrole nitrogens is 1. The van der Waals surface area contributed by atoms with E-state index in [-0.39, 0.29) is 12.0 Å². The highest BCUT2D eigenvalue weighted by Crippen LogP contribution is 2.16. The van der Waals surface area contributed by atoms with Gasteiger partial charge in [0.25, 0.3) is 5.91 Å². The fraction of sp³-hybridized carbons (Fsp3) is 0.400. The van der Waals surface area contributed by atoms with E-state index >= 15 is 0 Å². The Balaban J connectivity index is 1.31. The molecule has 4 rings (SSSR count). The number of nitrogens with zero attached hydrogens (tertiary/aromatic N) is 3. The van der Waals surface area contributed by atoms with Gasteiger partial charge < -0.3 is 15.0 Å². The lowest BCUT2D eigenvalue weighted by molar-refractivity contribution is 0.0702. The maximum Gasteiger partial charge on any atom is 0.271 e. The molecule has 0 radical (unpaired) electrons. The molecule has 2 aromatic heterocycles. The number of aromatic nitrogens is 3. The van der Waals surface area contributed by atoms with Crippen molar-refractivity contribution < 1.29 is 9.90 Å². The summed E-state index contributed by atoms with van der Waals surface area (Å²) in [6, 6.07) is 12.1. The van der Waals surface area contributed by atoms with Crippen molar-refractivity contribution in [3.8, 4) is 0 Å². The fourth-order valence-electron chi connectivity index (χ4n) is 3.67. The minimum Gasteiger partial charge on any atom is -0.392 e. The molecule has 1 saturated heterocycles. The predicted octanol–water partition coefficient (Wildman–Crippen LogP) is 1.60. The van der Waals surface area contributed by atoms with Gasteiger partial charge in [0.1, 0.15) is 5.69 Å². The fourth-order valence-corrected chi connectivity index (χ4v) is 3.67. The molecule has 1 aliphatic heterocycles. The summed E-state index contributed by atoms with van der Waals surface area (Å²) in [4.78, 5) is 14.5. The van der Waals surface area contributed by atoms with Crippen LogP contribution in [0.1, 0.15) is 29.0 Å². The number of hydrogen-bond acceptors (Lipinski definition) is 4. The van der Waals surface area contributed by atoms with Crippen LogP contribution in [0.2, 0.25) is 0 Å². The van der Waals surface area contributed by atoms with Gasteiger partial charge in [-0.25, -0.2) is 0 Å². The average Bonchev–Trinajstić information content (AvgIpc) is 3.30. The lowest BCUT2D eigenvalue weighted by Gasteiger charge is -2.29. The van der Waals surface area contributed by atoms with Crippen molar-refractivity contribution in [1.82, 2.24) is 25.0 Å². The molecule has 1 aliphatic rings. The summed E-state index contributed by atoms with van der Waals surface area (Å²) in [5, 5.41) is 20.9. The lowest BCUT2D eigenvalue weighted by atomic mass is 10.1. The molecule has 0 saturated carbocycles. The Morgan fingerprint density at radius 3 is 3.11 bits per heavy atom. The topological polar surface area (TPSA) is 86.2 Å². The highest BCUT2D eigenvalue weighted by Gasteiger charge is 2.17. The monoisotopic (exact) mass is 367 g/mol. The summed E-state index contributed by atoms with van der Waals surface area (Å²) in [6.07, 6.45) is 3.67. The number of nitrogens with one attached hydrogen (secondary N) is 2. The Morgan fingerprint density at radius 2 is 2.22 bits per heavy atom. The SMILES string of the molecule is O=C(NCCN1CCCC(O)C1)c1cc(Cn2ccc3ccccc32)[nH]n1. The number of hydrogen-bond donors (Lipinski definition) is 3. The second-order valence-corrected chi connectivity index (χ2v) is 7.13. The summed E-state index contributed by atoms with van der Waals surface area (Å²) in [5.41, 5.74) is 2.45. The summed E-state index contributed by atoms with van der Waals surface area (Å²) < 4.78 is 2.13. The van der Waals surface area contributed by atoms with Crippen molar-refractivity contribution in [2.45, 2.75) is 25.5 Å². The van der Waals surface area contributed by atoms with Gasteiger partial charge in [-0.05, 0) is 43.0 Å². The van der Waals surface area contributed by atoms with Crippen LogP contribution in [-0.4, -0.2) is 63.0 Å². The van der Waals surface area contributed by atoms with Crippen LogP contribution in [0.25, 0.3) is 10.9 Å². The molecule has 7 heteroatoms. The molecule has 0 spiro atoms. The molecule has 1 fully saturated rings. The highest BCUT2D eigenvalue weighted by atomic mass is 16.3. The van der Waals surface area contributed by atoms with Crippen LogP contribution in [0, 0.1) is 0 Å². The number of aliphatic hydroxyl groups excluding tert-OH is 1. The number of benzene rings is 1. The van der Waals surface area contributed by atoms with E-state index in [1.165, 1.54) is 5.39 Å². The van der Waals surface area contributed by atoms with Crippen molar-refractivity contribution in [1.29, 1.82) is 0 Å². The second-order valence-electron chi connectivity index (χ2n) is 7.13. The number of fused-ring (bicyclic) bond motifs is 1. The minimum absolute atomic E-state index is 0.174. The molecular weight excluding hydrogens is 342 g/mol. The number of carbonyl (C=O) groups excluding carboxylic acids is 1. The molecule has 1 aromatic carbocycles. The van der Waals surface area contributed by atoms with Crippen LogP contribution in [0.5, 0.6) is 0 Å². The molecule has 7 nitrogen and oxygen atoms in total. The molecule has 0 bridgehead atoms. The number of β-amino-alcohol motifs (C(OH)–C–C–N with tert-alkyl or cyclic N) is 1. The van der Waals surface area contributed by atoms with E-state index in [0.29, 0.717) is 25.3 Å². The molecule has 3 N–H and O–H groups in total. The average molecular weight is 367 g/mol. The molecule has 3 heterocycles. The normalized spacial score (nSPS) is 18.0. The van der Waals surface area contributed by atoms with E-state index in [0.717, 1.165) is 37.1 Å². The maximum atomic E-state index is 12.3. The Kier molecular flexibility index (Phi) is 5.22.